The molecule has 15 heavy (non-hydrogen) atoms. The van der Waals surface area contributed by atoms with Gasteiger partial charge in [-0.3, -0.25) is 0 Å². The second kappa shape index (κ2) is 3.24. The van der Waals surface area contributed by atoms with Crippen molar-refractivity contribution in [3.05, 3.63) is 27.3 Å². The van der Waals surface area contributed by atoms with Gasteiger partial charge in [-0.25, -0.2) is 14.5 Å². The minimum absolute atomic E-state index is 0.132. The lowest BCUT2D eigenvalue weighted by molar-refractivity contribution is 0.909. The Morgan fingerprint density at radius 2 is 2.53 bits per heavy atom. The summed E-state index contributed by atoms with van der Waals surface area (Å²) in [5, 5.41) is 6.50. The van der Waals surface area contributed by atoms with E-state index in [0.717, 1.165) is 23.7 Å². The van der Waals surface area contributed by atoms with Crippen molar-refractivity contribution in [2.45, 2.75) is 23.3 Å². The van der Waals surface area contributed by atoms with Crippen molar-refractivity contribution in [1.82, 2.24) is 14.8 Å². The van der Waals surface area contributed by atoms with E-state index >= 15 is 0 Å². The van der Waals surface area contributed by atoms with Crippen molar-refractivity contribution in [3.63, 3.8) is 0 Å². The molecule has 3 heterocycles. The van der Waals surface area contributed by atoms with Crippen LogP contribution < -0.4 is 5.69 Å². The number of H-pyrrole nitrogens is 1. The zero-order valence-electron chi connectivity index (χ0n) is 8.11. The fourth-order valence-electron chi connectivity index (χ4n) is 1.65. The number of aromatic nitrogens is 3. The van der Waals surface area contributed by atoms with Crippen LogP contribution in [0.3, 0.4) is 0 Å². The van der Waals surface area contributed by atoms with Gasteiger partial charge in [-0.05, 0) is 12.5 Å². The van der Waals surface area contributed by atoms with E-state index in [-0.39, 0.29) is 5.69 Å². The number of thiophene rings is 1. The van der Waals surface area contributed by atoms with Crippen LogP contribution in [0.2, 0.25) is 0 Å². The Hall–Kier alpha value is -1.01. The second-order valence-corrected chi connectivity index (χ2v) is 5.69. The van der Waals surface area contributed by atoms with Crippen LogP contribution in [0.4, 0.5) is 0 Å². The monoisotopic (exact) mass is 239 g/mol. The van der Waals surface area contributed by atoms with Crippen molar-refractivity contribution in [1.29, 1.82) is 0 Å². The molecule has 0 aliphatic carbocycles. The van der Waals surface area contributed by atoms with Crippen LogP contribution >= 0.6 is 23.1 Å². The summed E-state index contributed by atoms with van der Waals surface area (Å²) in [6.45, 7) is 2.13. The number of fused-ring (bicyclic) bond motifs is 3. The van der Waals surface area contributed by atoms with Gasteiger partial charge in [0.15, 0.2) is 0 Å². The van der Waals surface area contributed by atoms with Gasteiger partial charge >= 0.3 is 5.69 Å². The lowest BCUT2D eigenvalue weighted by Crippen LogP contribution is -2.18. The molecule has 0 amide bonds. The topological polar surface area (TPSA) is 50.7 Å². The average molecular weight is 239 g/mol. The van der Waals surface area contributed by atoms with Crippen LogP contribution in [-0.2, 0) is 12.2 Å². The third-order valence-electron chi connectivity index (χ3n) is 2.39. The molecular weight excluding hydrogens is 230 g/mol. The standard InChI is InChI=1S/C9H9N3OS2/c1-2-5-3-6-8(15-5)14-4-7-10-11-9(13)12(6)7/h3H,2,4H2,1H3,(H,11,13). The van der Waals surface area contributed by atoms with Crippen molar-refractivity contribution < 1.29 is 0 Å². The first-order chi connectivity index (χ1) is 7.29. The van der Waals surface area contributed by atoms with Crippen LogP contribution in [0.5, 0.6) is 0 Å². The predicted octanol–water partition coefficient (Wildman–Crippen LogP) is 1.79. The quantitative estimate of drug-likeness (QED) is 0.825. The molecule has 0 atom stereocenters. The fourth-order valence-corrected chi connectivity index (χ4v) is 3.94. The van der Waals surface area contributed by atoms with Gasteiger partial charge in [0.05, 0.1) is 15.6 Å². The first-order valence-electron chi connectivity index (χ1n) is 4.71. The number of hydrogen-bond donors (Lipinski definition) is 1. The molecular formula is C9H9N3OS2. The third kappa shape index (κ3) is 1.28. The first kappa shape index (κ1) is 9.23. The van der Waals surface area contributed by atoms with Crippen molar-refractivity contribution in [3.8, 4) is 5.69 Å². The molecule has 0 fully saturated rings. The number of nitrogens with one attached hydrogen (secondary N) is 1. The average Bonchev–Trinajstić information content (AvgIpc) is 2.81. The molecule has 78 valence electrons. The smallest absolute Gasteiger partial charge is 0.246 e. The summed E-state index contributed by atoms with van der Waals surface area (Å²) in [6, 6.07) is 2.09. The molecule has 2 aromatic rings. The summed E-state index contributed by atoms with van der Waals surface area (Å²) in [5.41, 5.74) is 0.869. The third-order valence-corrected chi connectivity index (χ3v) is 4.93. The maximum atomic E-state index is 11.6. The van der Waals surface area contributed by atoms with E-state index in [9.17, 15) is 4.79 Å². The highest BCUT2D eigenvalue weighted by Gasteiger charge is 2.22. The van der Waals surface area contributed by atoms with Crippen molar-refractivity contribution >= 4 is 23.1 Å². The van der Waals surface area contributed by atoms with Crippen molar-refractivity contribution in [2.24, 2.45) is 0 Å². The van der Waals surface area contributed by atoms with E-state index in [0.29, 0.717) is 0 Å². The zero-order chi connectivity index (χ0) is 10.4. The molecule has 1 aliphatic rings. The minimum Gasteiger partial charge on any atom is -0.246 e. The summed E-state index contributed by atoms with van der Waals surface area (Å²) < 4.78 is 2.91. The number of aryl methyl sites for hydroxylation is 1. The molecule has 2 aromatic heterocycles. The van der Waals surface area contributed by atoms with Crippen molar-refractivity contribution in [2.75, 3.05) is 0 Å². The Morgan fingerprint density at radius 1 is 1.67 bits per heavy atom. The van der Waals surface area contributed by atoms with Crippen LogP contribution in [0.25, 0.3) is 5.69 Å². The number of nitrogens with zero attached hydrogens (tertiary/aromatic N) is 2. The second-order valence-electron chi connectivity index (χ2n) is 3.31. The molecule has 4 nitrogen and oxygen atoms in total. The normalized spacial score (nSPS) is 13.7. The summed E-state index contributed by atoms with van der Waals surface area (Å²) in [4.78, 5) is 12.9. The lowest BCUT2D eigenvalue weighted by atomic mass is 10.3. The minimum atomic E-state index is -0.132. The maximum Gasteiger partial charge on any atom is 0.348 e. The van der Waals surface area contributed by atoms with Gasteiger partial charge in [0.2, 0.25) is 0 Å². The molecule has 1 aliphatic heterocycles. The highest BCUT2D eigenvalue weighted by atomic mass is 32.2. The molecule has 0 unspecified atom stereocenters. The highest BCUT2D eigenvalue weighted by molar-refractivity contribution is 8.00. The van der Waals surface area contributed by atoms with E-state index in [1.807, 2.05) is 0 Å². The van der Waals surface area contributed by atoms with Gasteiger partial charge in [0.25, 0.3) is 0 Å². The summed E-state index contributed by atoms with van der Waals surface area (Å²) in [5.74, 6) is 1.59. The predicted molar refractivity (Wildman–Crippen MR) is 61.0 cm³/mol. The lowest BCUT2D eigenvalue weighted by Gasteiger charge is -2.10. The molecule has 0 radical (unpaired) electrons. The molecule has 0 bridgehead atoms. The first-order valence-corrected chi connectivity index (χ1v) is 6.52. The molecule has 3 rings (SSSR count). The zero-order valence-corrected chi connectivity index (χ0v) is 9.74. The van der Waals surface area contributed by atoms with Gasteiger partial charge in [0.1, 0.15) is 5.82 Å². The van der Waals surface area contributed by atoms with Gasteiger partial charge in [-0.1, -0.05) is 6.92 Å². The summed E-state index contributed by atoms with van der Waals surface area (Å²) in [7, 11) is 0. The van der Waals surface area contributed by atoms with Crippen LogP contribution in [0, 0.1) is 0 Å². The van der Waals surface area contributed by atoms with E-state index < -0.39 is 0 Å². The molecule has 1 N–H and O–H groups in total. The Kier molecular flexibility index (Phi) is 2.00. The Balaban J connectivity index is 2.27. The summed E-state index contributed by atoms with van der Waals surface area (Å²) >= 11 is 3.53. The van der Waals surface area contributed by atoms with E-state index in [4.69, 9.17) is 0 Å². The van der Waals surface area contributed by atoms with Gasteiger partial charge in [0, 0.05) is 4.88 Å². The van der Waals surface area contributed by atoms with Crippen LogP contribution in [0.1, 0.15) is 17.6 Å². The Bertz CT molecular complexity index is 566. The van der Waals surface area contributed by atoms with Gasteiger partial charge in [-0.2, -0.15) is 5.10 Å². The highest BCUT2D eigenvalue weighted by Crippen LogP contribution is 2.39. The van der Waals surface area contributed by atoms with E-state index in [1.54, 1.807) is 27.7 Å². The maximum absolute atomic E-state index is 11.6. The molecule has 0 spiro atoms. The van der Waals surface area contributed by atoms with Crippen LogP contribution in [-0.4, -0.2) is 14.8 Å². The molecule has 0 saturated heterocycles. The van der Waals surface area contributed by atoms with E-state index in [1.165, 1.54) is 9.09 Å². The number of hydrogen-bond acceptors (Lipinski definition) is 4. The largest absolute Gasteiger partial charge is 0.348 e. The Morgan fingerprint density at radius 3 is 3.33 bits per heavy atom. The number of aromatic amines is 1. The molecule has 0 saturated carbocycles. The SMILES string of the molecule is CCc1cc2c(s1)SCc1n[nH]c(=O)n1-2. The number of thioether (sulfide) groups is 1. The molecule has 0 aromatic carbocycles. The fraction of sp³-hybridized carbons (Fsp3) is 0.333. The van der Waals surface area contributed by atoms with Gasteiger partial charge in [-0.15, -0.1) is 23.1 Å². The molecule has 6 heteroatoms. The Labute approximate surface area is 94.3 Å². The van der Waals surface area contributed by atoms with E-state index in [2.05, 4.69) is 23.2 Å². The van der Waals surface area contributed by atoms with Gasteiger partial charge < -0.3 is 0 Å². The van der Waals surface area contributed by atoms with Crippen LogP contribution in [0.15, 0.2) is 15.1 Å². The number of rotatable bonds is 1. The summed E-state index contributed by atoms with van der Waals surface area (Å²) in [6.07, 6.45) is 1.01.